The van der Waals surface area contributed by atoms with Gasteiger partial charge in [-0.3, -0.25) is 9.59 Å². The molecule has 35 heavy (non-hydrogen) atoms. The van der Waals surface area contributed by atoms with Gasteiger partial charge in [-0.15, -0.1) is 4.40 Å². The minimum atomic E-state index is -3.95. The zero-order valence-electron chi connectivity index (χ0n) is 19.1. The fraction of sp³-hybridized carbons (Fsp3) is 0.250. The molecule has 1 aliphatic heterocycles. The molecule has 3 heterocycles. The van der Waals surface area contributed by atoms with E-state index in [9.17, 15) is 18.0 Å². The third-order valence-corrected chi connectivity index (χ3v) is 7.37. The highest BCUT2D eigenvalue weighted by Gasteiger charge is 2.20. The van der Waals surface area contributed by atoms with E-state index < -0.39 is 15.9 Å². The van der Waals surface area contributed by atoms with Crippen molar-refractivity contribution < 1.29 is 13.2 Å². The van der Waals surface area contributed by atoms with Crippen LogP contribution in [0, 0.1) is 0 Å². The minimum absolute atomic E-state index is 0.0142. The maximum atomic E-state index is 13.0. The molecule has 1 aliphatic rings. The van der Waals surface area contributed by atoms with Gasteiger partial charge in [-0.1, -0.05) is 24.6 Å². The van der Waals surface area contributed by atoms with Crippen molar-refractivity contribution in [3.8, 4) is 0 Å². The van der Waals surface area contributed by atoms with Gasteiger partial charge in [0.1, 0.15) is 17.0 Å². The number of hydrogen-bond acceptors (Lipinski definition) is 5. The first-order chi connectivity index (χ1) is 16.8. The van der Waals surface area contributed by atoms with Gasteiger partial charge in [-0.25, -0.2) is 4.52 Å². The lowest BCUT2D eigenvalue weighted by atomic mass is 10.2. The molecule has 1 saturated heterocycles. The first-order valence-electron chi connectivity index (χ1n) is 11.3. The van der Waals surface area contributed by atoms with E-state index in [4.69, 9.17) is 0 Å². The molecule has 1 fully saturated rings. The number of aromatic amines is 1. The molecular weight excluding hydrogens is 468 g/mol. The summed E-state index contributed by atoms with van der Waals surface area (Å²) in [5, 5.41) is 7.41. The molecule has 2 aromatic heterocycles. The Morgan fingerprint density at radius 2 is 1.94 bits per heavy atom. The number of sulfonamides is 1. The van der Waals surface area contributed by atoms with Crippen molar-refractivity contribution in [1.29, 1.82) is 0 Å². The molecule has 0 unspecified atom stereocenters. The van der Waals surface area contributed by atoms with Gasteiger partial charge in [-0.05, 0) is 43.2 Å². The van der Waals surface area contributed by atoms with Crippen molar-refractivity contribution in [2.45, 2.75) is 30.6 Å². The van der Waals surface area contributed by atoms with Crippen molar-refractivity contribution in [2.75, 3.05) is 18.9 Å². The summed E-state index contributed by atoms with van der Waals surface area (Å²) in [4.78, 5) is 30.1. The molecule has 0 saturated carbocycles. The van der Waals surface area contributed by atoms with Gasteiger partial charge in [0.05, 0.1) is 22.0 Å². The molecule has 0 atom stereocenters. The van der Waals surface area contributed by atoms with E-state index in [-0.39, 0.29) is 27.4 Å². The first-order valence-corrected chi connectivity index (χ1v) is 12.7. The number of amides is 1. The van der Waals surface area contributed by atoms with Gasteiger partial charge < -0.3 is 15.2 Å². The lowest BCUT2D eigenvalue weighted by Crippen LogP contribution is -2.26. The summed E-state index contributed by atoms with van der Waals surface area (Å²) in [6.45, 7) is 0.765. The van der Waals surface area contributed by atoms with E-state index in [0.29, 0.717) is 23.2 Å². The SMILES string of the molecule is CN1CCCCC/C1=N/S(=O)(=O)c1cccc(NC(=O)c2cnn3c2[nH]c(=O)c2ccccc23)c1. The van der Waals surface area contributed by atoms with E-state index >= 15 is 0 Å². The monoisotopic (exact) mass is 492 g/mol. The number of fused-ring (bicyclic) bond motifs is 3. The van der Waals surface area contributed by atoms with Crippen molar-refractivity contribution in [3.63, 3.8) is 0 Å². The van der Waals surface area contributed by atoms with Crippen LogP contribution in [0.3, 0.4) is 0 Å². The molecule has 0 spiro atoms. The summed E-state index contributed by atoms with van der Waals surface area (Å²) >= 11 is 0. The zero-order valence-corrected chi connectivity index (χ0v) is 19.9. The second-order valence-electron chi connectivity index (χ2n) is 8.49. The molecule has 0 aliphatic carbocycles. The Kier molecular flexibility index (Phi) is 5.85. The van der Waals surface area contributed by atoms with Gasteiger partial charge in [-0.2, -0.15) is 13.5 Å². The Morgan fingerprint density at radius 1 is 1.11 bits per heavy atom. The van der Waals surface area contributed by atoms with Crippen LogP contribution in [-0.4, -0.2) is 53.3 Å². The number of rotatable bonds is 4. The summed E-state index contributed by atoms with van der Waals surface area (Å²) in [7, 11) is -2.11. The number of H-pyrrole nitrogens is 1. The number of amidine groups is 1. The van der Waals surface area contributed by atoms with E-state index in [1.165, 1.54) is 22.8 Å². The molecule has 11 heteroatoms. The molecule has 2 N–H and O–H groups in total. The van der Waals surface area contributed by atoms with E-state index in [1.807, 2.05) is 11.9 Å². The third-order valence-electron chi connectivity index (χ3n) is 6.07. The van der Waals surface area contributed by atoms with Crippen molar-refractivity contribution in [2.24, 2.45) is 4.40 Å². The lowest BCUT2D eigenvalue weighted by molar-refractivity contribution is 0.102. The highest BCUT2D eigenvalue weighted by molar-refractivity contribution is 7.90. The molecular formula is C24H24N6O4S. The highest BCUT2D eigenvalue weighted by atomic mass is 32.2. The number of carbonyl (C=O) groups is 1. The molecule has 5 rings (SSSR count). The normalized spacial score (nSPS) is 16.0. The molecule has 1 amide bonds. The van der Waals surface area contributed by atoms with Crippen LogP contribution >= 0.6 is 0 Å². The van der Waals surface area contributed by atoms with Crippen LogP contribution in [0.2, 0.25) is 0 Å². The smallest absolute Gasteiger partial charge is 0.284 e. The van der Waals surface area contributed by atoms with Gasteiger partial charge in [0, 0.05) is 25.7 Å². The topological polar surface area (TPSA) is 129 Å². The molecule has 0 bridgehead atoms. The Balaban J connectivity index is 1.44. The second kappa shape index (κ2) is 8.99. The number of anilines is 1. The van der Waals surface area contributed by atoms with Crippen LogP contribution in [0.4, 0.5) is 5.69 Å². The fourth-order valence-corrected chi connectivity index (χ4v) is 5.35. The van der Waals surface area contributed by atoms with Crippen molar-refractivity contribution in [3.05, 3.63) is 70.6 Å². The summed E-state index contributed by atoms with van der Waals surface area (Å²) < 4.78 is 31.5. The van der Waals surface area contributed by atoms with E-state index in [1.54, 1.807) is 36.4 Å². The molecule has 4 aromatic rings. The van der Waals surface area contributed by atoms with E-state index in [0.717, 1.165) is 25.8 Å². The standard InChI is InChI=1S/C24H24N6O4S/c1-29-13-6-2-3-12-21(29)28-35(33,34)17-9-7-8-16(14-17)26-24(32)19-15-25-30-20-11-5-4-10-18(20)23(31)27-22(19)30/h4-5,7-11,14-15H,2-3,6,12-13H2,1H3,(H,26,32)(H,27,31)/b28-21-. The lowest BCUT2D eigenvalue weighted by Gasteiger charge is -2.17. The summed E-state index contributed by atoms with van der Waals surface area (Å²) in [6, 6.07) is 12.9. The maximum absolute atomic E-state index is 13.0. The van der Waals surface area contributed by atoms with Gasteiger partial charge in [0.25, 0.3) is 21.5 Å². The van der Waals surface area contributed by atoms with Crippen LogP contribution in [0.1, 0.15) is 36.0 Å². The number of aromatic nitrogens is 3. The predicted molar refractivity (Wildman–Crippen MR) is 133 cm³/mol. The number of likely N-dealkylation sites (tertiary alicyclic amines) is 1. The molecule has 10 nitrogen and oxygen atoms in total. The summed E-state index contributed by atoms with van der Waals surface area (Å²) in [6.07, 6.45) is 4.90. The molecule has 180 valence electrons. The Labute approximate surface area is 201 Å². The van der Waals surface area contributed by atoms with Crippen LogP contribution in [0.15, 0.2) is 68.8 Å². The zero-order chi connectivity index (χ0) is 24.6. The van der Waals surface area contributed by atoms with E-state index in [2.05, 4.69) is 19.8 Å². The fourth-order valence-electron chi connectivity index (χ4n) is 4.21. The van der Waals surface area contributed by atoms with Gasteiger partial charge >= 0.3 is 0 Å². The average molecular weight is 493 g/mol. The van der Waals surface area contributed by atoms with Gasteiger partial charge in [0.15, 0.2) is 0 Å². The maximum Gasteiger partial charge on any atom is 0.284 e. The molecule has 0 radical (unpaired) electrons. The first kappa shape index (κ1) is 22.8. The third kappa shape index (κ3) is 4.42. The Morgan fingerprint density at radius 3 is 2.80 bits per heavy atom. The van der Waals surface area contributed by atoms with Crippen LogP contribution in [0.25, 0.3) is 16.6 Å². The molecule has 2 aromatic carbocycles. The average Bonchev–Trinajstić information content (AvgIpc) is 3.17. The highest BCUT2D eigenvalue weighted by Crippen LogP contribution is 2.21. The van der Waals surface area contributed by atoms with Crippen molar-refractivity contribution >= 4 is 44.0 Å². The quantitative estimate of drug-likeness (QED) is 0.451. The Bertz CT molecular complexity index is 1640. The second-order valence-corrected chi connectivity index (χ2v) is 10.1. The number of nitrogens with one attached hydrogen (secondary N) is 2. The Hall–Kier alpha value is -3.99. The summed E-state index contributed by atoms with van der Waals surface area (Å²) in [5.41, 5.74) is 0.923. The predicted octanol–water partition coefficient (Wildman–Crippen LogP) is 3.02. The van der Waals surface area contributed by atoms with Crippen LogP contribution < -0.4 is 10.9 Å². The number of carbonyl (C=O) groups excluding carboxylic acids is 1. The van der Waals surface area contributed by atoms with Gasteiger partial charge in [0.2, 0.25) is 0 Å². The number of para-hydroxylation sites is 1. The minimum Gasteiger partial charge on any atom is -0.362 e. The summed E-state index contributed by atoms with van der Waals surface area (Å²) in [5.74, 6) is 0.00904. The largest absolute Gasteiger partial charge is 0.362 e. The van der Waals surface area contributed by atoms with Crippen LogP contribution in [-0.2, 0) is 10.0 Å². The number of nitrogens with zero attached hydrogens (tertiary/aromatic N) is 4. The van der Waals surface area contributed by atoms with Crippen molar-refractivity contribution in [1.82, 2.24) is 19.5 Å². The number of hydrogen-bond donors (Lipinski definition) is 2. The van der Waals surface area contributed by atoms with Crippen LogP contribution in [0.5, 0.6) is 0 Å². The number of benzene rings is 2.